The van der Waals surface area contributed by atoms with Crippen LogP contribution in [0.5, 0.6) is 0 Å². The first-order chi connectivity index (χ1) is 19.0. The molecular formula is C32H34ClNO4S. The maximum absolute atomic E-state index is 12.9. The molecule has 204 valence electrons. The van der Waals surface area contributed by atoms with Crippen LogP contribution in [0.2, 0.25) is 0 Å². The Labute approximate surface area is 239 Å². The van der Waals surface area contributed by atoms with Gasteiger partial charge < -0.3 is 4.74 Å². The van der Waals surface area contributed by atoms with Crippen LogP contribution in [0.1, 0.15) is 100 Å². The van der Waals surface area contributed by atoms with E-state index in [-0.39, 0.29) is 11.8 Å². The van der Waals surface area contributed by atoms with Crippen LogP contribution in [0.15, 0.2) is 70.9 Å². The number of ether oxygens (including phenoxy) is 1. The van der Waals surface area contributed by atoms with Crippen molar-refractivity contribution in [2.24, 2.45) is 11.1 Å². The first kappa shape index (κ1) is 28.9. The topological polar surface area (TPSA) is 72.8 Å². The van der Waals surface area contributed by atoms with Gasteiger partial charge in [-0.3, -0.25) is 4.79 Å². The van der Waals surface area contributed by atoms with Crippen molar-refractivity contribution in [3.8, 4) is 0 Å². The molecular weight excluding hydrogens is 530 g/mol. The summed E-state index contributed by atoms with van der Waals surface area (Å²) in [5, 5.41) is 3.83. The summed E-state index contributed by atoms with van der Waals surface area (Å²) >= 11 is 8.29. The fraction of sp³-hybridized carbons (Fsp3) is 0.375. The van der Waals surface area contributed by atoms with Gasteiger partial charge in [0.1, 0.15) is 11.8 Å². The van der Waals surface area contributed by atoms with E-state index in [2.05, 4.69) is 36.4 Å². The lowest BCUT2D eigenvalue weighted by Gasteiger charge is -2.20. The zero-order valence-corrected chi connectivity index (χ0v) is 23.8. The van der Waals surface area contributed by atoms with Crippen LogP contribution in [0.4, 0.5) is 5.69 Å². The van der Waals surface area contributed by atoms with Gasteiger partial charge in [0, 0.05) is 9.91 Å². The molecule has 0 spiro atoms. The van der Waals surface area contributed by atoms with E-state index in [1.54, 1.807) is 23.5 Å². The highest BCUT2D eigenvalue weighted by Crippen LogP contribution is 2.43. The van der Waals surface area contributed by atoms with Gasteiger partial charge in [-0.2, -0.15) is 0 Å². The maximum Gasteiger partial charge on any atom is 0.338 e. The van der Waals surface area contributed by atoms with Crippen molar-refractivity contribution < 1.29 is 14.3 Å². The van der Waals surface area contributed by atoms with Crippen LogP contribution >= 0.6 is 22.9 Å². The summed E-state index contributed by atoms with van der Waals surface area (Å²) in [6.07, 6.45) is 9.43. The Morgan fingerprint density at radius 3 is 2.51 bits per heavy atom. The van der Waals surface area contributed by atoms with E-state index in [1.807, 2.05) is 12.1 Å². The van der Waals surface area contributed by atoms with Gasteiger partial charge in [0.25, 0.3) is 0 Å². The molecule has 2 atom stereocenters. The number of carbonyl (C=O) groups is 2. The second-order valence-corrected chi connectivity index (χ2v) is 11.7. The van der Waals surface area contributed by atoms with Crippen LogP contribution < -0.4 is 0 Å². The number of esters is 1. The van der Waals surface area contributed by atoms with E-state index in [0.717, 1.165) is 85.1 Å². The van der Waals surface area contributed by atoms with E-state index >= 15 is 0 Å². The molecule has 2 aromatic carbocycles. The Morgan fingerprint density at radius 1 is 1.08 bits per heavy atom. The number of hydrogen-bond acceptors (Lipinski definition) is 6. The number of unbranched alkanes of at least 4 members (excludes halogenated alkanes) is 2. The van der Waals surface area contributed by atoms with Gasteiger partial charge in [0.2, 0.25) is 0 Å². The van der Waals surface area contributed by atoms with Gasteiger partial charge in [-0.25, -0.2) is 4.79 Å². The molecule has 0 saturated carbocycles. The van der Waals surface area contributed by atoms with Gasteiger partial charge >= 0.3 is 5.97 Å². The molecule has 0 radical (unpaired) electrons. The van der Waals surface area contributed by atoms with Crippen molar-refractivity contribution in [1.82, 2.24) is 0 Å². The van der Waals surface area contributed by atoms with Crippen molar-refractivity contribution >= 4 is 46.5 Å². The Balaban J connectivity index is 1.43. The van der Waals surface area contributed by atoms with E-state index in [0.29, 0.717) is 11.5 Å². The lowest BCUT2D eigenvalue weighted by atomic mass is 9.89. The van der Waals surface area contributed by atoms with E-state index in [4.69, 9.17) is 16.3 Å². The fourth-order valence-corrected chi connectivity index (χ4v) is 6.45. The molecule has 5 nitrogen and oxygen atoms in total. The zero-order valence-electron chi connectivity index (χ0n) is 22.2. The lowest BCUT2D eigenvalue weighted by molar-refractivity contribution is 0.0270. The number of thiophene rings is 1. The summed E-state index contributed by atoms with van der Waals surface area (Å²) in [4.78, 5) is 36.6. The first-order valence-electron chi connectivity index (χ1n) is 13.7. The first-order valence-corrected chi connectivity index (χ1v) is 14.9. The van der Waals surface area contributed by atoms with Crippen molar-refractivity contribution in [3.05, 3.63) is 97.0 Å². The smallest absolute Gasteiger partial charge is 0.338 e. The van der Waals surface area contributed by atoms with Crippen LogP contribution in [-0.2, 0) is 11.2 Å². The normalized spacial score (nSPS) is 15.8. The average molecular weight is 564 g/mol. The van der Waals surface area contributed by atoms with Crippen LogP contribution in [0.25, 0.3) is 5.57 Å². The Hall–Kier alpha value is -3.09. The average Bonchev–Trinajstić information content (AvgIpc) is 3.58. The van der Waals surface area contributed by atoms with Crippen molar-refractivity contribution in [2.45, 2.75) is 70.8 Å². The van der Waals surface area contributed by atoms with Crippen LogP contribution in [-0.4, -0.2) is 12.3 Å². The largest absolute Gasteiger partial charge is 0.454 e. The number of aldehydes is 1. The highest BCUT2D eigenvalue weighted by molar-refractivity contribution is 7.13. The number of rotatable bonds is 14. The van der Waals surface area contributed by atoms with Crippen LogP contribution in [0.3, 0.4) is 0 Å². The fourth-order valence-electron chi connectivity index (χ4n) is 5.20. The highest BCUT2D eigenvalue weighted by atomic mass is 35.5. The molecule has 0 amide bonds. The summed E-state index contributed by atoms with van der Waals surface area (Å²) < 4.78 is 5.95. The van der Waals surface area contributed by atoms with E-state index in [1.165, 1.54) is 22.6 Å². The molecule has 0 N–H and O–H groups in total. The van der Waals surface area contributed by atoms with Crippen molar-refractivity contribution in [1.29, 1.82) is 0 Å². The van der Waals surface area contributed by atoms with Gasteiger partial charge in [-0.05, 0) is 109 Å². The number of hydrogen-bond donors (Lipinski definition) is 0. The molecule has 3 aromatic rings. The molecule has 1 aliphatic carbocycles. The van der Waals surface area contributed by atoms with Gasteiger partial charge in [0.15, 0.2) is 6.29 Å². The lowest BCUT2D eigenvalue weighted by Crippen LogP contribution is -2.12. The summed E-state index contributed by atoms with van der Waals surface area (Å²) in [5.41, 5.74) is 3.99. The quantitative estimate of drug-likeness (QED) is 0.0846. The predicted octanol–water partition coefficient (Wildman–Crippen LogP) is 9.82. The molecule has 7 heteroatoms. The second-order valence-electron chi connectivity index (χ2n) is 10.0. The minimum atomic E-state index is -0.411. The predicted molar refractivity (Wildman–Crippen MR) is 159 cm³/mol. The van der Waals surface area contributed by atoms with E-state index < -0.39 is 5.97 Å². The molecule has 1 heterocycles. The monoisotopic (exact) mass is 563 g/mol. The van der Waals surface area contributed by atoms with Gasteiger partial charge in [0.05, 0.1) is 10.4 Å². The number of nitroso groups, excluding NO2 is 1. The molecule has 0 saturated heterocycles. The van der Waals surface area contributed by atoms with Crippen LogP contribution in [0, 0.1) is 10.8 Å². The highest BCUT2D eigenvalue weighted by Gasteiger charge is 2.26. The third-order valence-corrected chi connectivity index (χ3v) is 8.77. The minimum absolute atomic E-state index is 0.276. The SMILES string of the molecule is CCCCCC(OC(=O)c1ccc(N=O)cc1)c1ccc(C2=C(Cl)CC[C@@H]2CCCc2ccc(C=O)s2)cc1. The molecule has 1 aliphatic rings. The molecule has 1 unspecified atom stereocenters. The van der Waals surface area contributed by atoms with Gasteiger partial charge in [-0.15, -0.1) is 16.2 Å². The third kappa shape index (κ3) is 7.74. The molecule has 4 rings (SSSR count). The number of carbonyl (C=O) groups excluding carboxylic acids is 2. The third-order valence-electron chi connectivity index (χ3n) is 7.31. The summed E-state index contributed by atoms with van der Waals surface area (Å²) in [6.45, 7) is 2.15. The Morgan fingerprint density at radius 2 is 1.85 bits per heavy atom. The van der Waals surface area contributed by atoms with Crippen molar-refractivity contribution in [2.75, 3.05) is 0 Å². The zero-order chi connectivity index (χ0) is 27.6. The second kappa shape index (κ2) is 14.3. The minimum Gasteiger partial charge on any atom is -0.454 e. The molecule has 1 aromatic heterocycles. The number of benzene rings is 2. The molecule has 39 heavy (non-hydrogen) atoms. The maximum atomic E-state index is 12.9. The van der Waals surface area contributed by atoms with E-state index in [9.17, 15) is 14.5 Å². The number of aryl methyl sites for hydroxylation is 1. The molecule has 0 fully saturated rings. The summed E-state index contributed by atoms with van der Waals surface area (Å²) in [6, 6.07) is 18.4. The molecule has 0 bridgehead atoms. The number of allylic oxidation sites excluding steroid dienone is 2. The molecule has 0 aliphatic heterocycles. The summed E-state index contributed by atoms with van der Waals surface area (Å²) in [7, 11) is 0. The summed E-state index contributed by atoms with van der Waals surface area (Å²) in [5.74, 6) is 0.00139. The standard InChI is InChI=1S/C32H34ClNO4S/c1-2-3-4-8-30(38-32(36)25-13-16-26(34-37)17-14-25)22-9-11-24(12-10-22)31-23(15-20-29(31)33)6-5-7-27-18-19-28(21-35)39-27/h9-14,16-19,21,23,30H,2-8,15,20H2,1H3/t23-,30?/m0/s1. The Kier molecular flexibility index (Phi) is 10.6. The van der Waals surface area contributed by atoms with Crippen molar-refractivity contribution in [3.63, 3.8) is 0 Å². The number of halogens is 1. The van der Waals surface area contributed by atoms with Gasteiger partial charge in [-0.1, -0.05) is 55.6 Å². The number of nitrogens with zero attached hydrogens (tertiary/aromatic N) is 1. The Bertz CT molecular complexity index is 1300.